The van der Waals surface area contributed by atoms with Crippen LogP contribution in [0.5, 0.6) is 6.01 Å². The highest BCUT2D eigenvalue weighted by molar-refractivity contribution is 6.31. The number of nitro groups is 1. The second kappa shape index (κ2) is 8.09. The Morgan fingerprint density at radius 2 is 1.92 bits per heavy atom. The largest absolute Gasteiger partial charge is 0.460 e. The van der Waals surface area contributed by atoms with Gasteiger partial charge in [-0.3, -0.25) is 14.9 Å². The van der Waals surface area contributed by atoms with Gasteiger partial charge in [0.15, 0.2) is 0 Å². The number of benzene rings is 1. The summed E-state index contributed by atoms with van der Waals surface area (Å²) in [5, 5.41) is 14.2. The third-order valence-electron chi connectivity index (χ3n) is 4.22. The number of hydrogen-bond acceptors (Lipinski definition) is 6. The number of carbonyl (C=O) groups is 1. The minimum Gasteiger partial charge on any atom is -0.460 e. The minimum absolute atomic E-state index is 0.00828. The van der Waals surface area contributed by atoms with Gasteiger partial charge in [0, 0.05) is 29.5 Å². The Bertz CT molecular complexity index is 795. The molecule has 0 unspecified atom stereocenters. The monoisotopic (exact) mass is 376 g/mol. The summed E-state index contributed by atoms with van der Waals surface area (Å²) < 4.78 is 5.72. The van der Waals surface area contributed by atoms with Gasteiger partial charge in [-0.05, 0) is 43.9 Å². The molecule has 2 aromatic rings. The Labute approximate surface area is 154 Å². The van der Waals surface area contributed by atoms with Crippen molar-refractivity contribution >= 4 is 23.2 Å². The van der Waals surface area contributed by atoms with Crippen molar-refractivity contribution in [1.29, 1.82) is 0 Å². The van der Waals surface area contributed by atoms with Crippen LogP contribution in [0.2, 0.25) is 5.02 Å². The predicted molar refractivity (Wildman–Crippen MR) is 94.3 cm³/mol. The lowest BCUT2D eigenvalue weighted by Gasteiger charge is -2.28. The molecule has 1 aromatic heterocycles. The van der Waals surface area contributed by atoms with Crippen LogP contribution in [-0.4, -0.2) is 32.9 Å². The number of nitrogens with zero attached hydrogens (tertiary/aromatic N) is 3. The maximum atomic E-state index is 12.4. The van der Waals surface area contributed by atoms with E-state index < -0.39 is 10.8 Å². The third kappa shape index (κ3) is 4.45. The van der Waals surface area contributed by atoms with Gasteiger partial charge in [0.1, 0.15) is 11.7 Å². The van der Waals surface area contributed by atoms with Crippen molar-refractivity contribution in [2.45, 2.75) is 37.8 Å². The highest BCUT2D eigenvalue weighted by atomic mass is 35.5. The summed E-state index contributed by atoms with van der Waals surface area (Å²) in [7, 11) is 0. The van der Waals surface area contributed by atoms with E-state index in [1.807, 2.05) is 0 Å². The lowest BCUT2D eigenvalue weighted by atomic mass is 9.92. The average Bonchev–Trinajstić information content (AvgIpc) is 2.64. The first-order chi connectivity index (χ1) is 12.5. The molecule has 0 radical (unpaired) electrons. The summed E-state index contributed by atoms with van der Waals surface area (Å²) in [5.41, 5.74) is -0.288. The number of halogens is 1. The van der Waals surface area contributed by atoms with Gasteiger partial charge in [0.05, 0.1) is 4.92 Å². The molecule has 0 spiro atoms. The van der Waals surface area contributed by atoms with Crippen LogP contribution < -0.4 is 10.1 Å². The molecular formula is C17H17ClN4O4. The molecule has 0 bridgehead atoms. The summed E-state index contributed by atoms with van der Waals surface area (Å²) in [5.74, 6) is -0.491. The molecule has 1 amide bonds. The molecular weight excluding hydrogens is 360 g/mol. The standard InChI is InChI=1S/C17H17ClN4O4/c18-11-2-7-15(22(24)25)14(10-11)16(23)21-12-3-5-13(6-4-12)26-17-19-8-1-9-20-17/h1-2,7-10,12-13H,3-6H2,(H,21,23). The van der Waals surface area contributed by atoms with Crippen LogP contribution in [0, 0.1) is 10.1 Å². The van der Waals surface area contributed by atoms with Crippen LogP contribution >= 0.6 is 11.6 Å². The summed E-state index contributed by atoms with van der Waals surface area (Å²) in [6.07, 6.45) is 6.11. The Hall–Kier alpha value is -2.74. The normalized spacial score (nSPS) is 19.6. The van der Waals surface area contributed by atoms with E-state index in [1.54, 1.807) is 18.5 Å². The first kappa shape index (κ1) is 18.1. The highest BCUT2D eigenvalue weighted by Crippen LogP contribution is 2.25. The summed E-state index contributed by atoms with van der Waals surface area (Å²) in [4.78, 5) is 31.0. The number of amides is 1. The predicted octanol–water partition coefficient (Wildman–Crippen LogP) is 3.16. The molecule has 1 fully saturated rings. The van der Waals surface area contributed by atoms with Crippen molar-refractivity contribution in [1.82, 2.24) is 15.3 Å². The molecule has 0 atom stereocenters. The summed E-state index contributed by atoms with van der Waals surface area (Å²) >= 11 is 5.87. The van der Waals surface area contributed by atoms with Crippen LogP contribution in [-0.2, 0) is 0 Å². The van der Waals surface area contributed by atoms with Gasteiger partial charge in [-0.15, -0.1) is 0 Å². The maximum Gasteiger partial charge on any atom is 0.316 e. The molecule has 9 heteroatoms. The first-order valence-electron chi connectivity index (χ1n) is 8.21. The fraction of sp³-hybridized carbons (Fsp3) is 0.353. The minimum atomic E-state index is -0.587. The molecule has 1 saturated carbocycles. The molecule has 1 N–H and O–H groups in total. The third-order valence-corrected chi connectivity index (χ3v) is 4.46. The van der Waals surface area contributed by atoms with Gasteiger partial charge in [-0.2, -0.15) is 0 Å². The topological polar surface area (TPSA) is 107 Å². The Morgan fingerprint density at radius 1 is 1.23 bits per heavy atom. The van der Waals surface area contributed by atoms with Crippen LogP contribution in [0.25, 0.3) is 0 Å². The van der Waals surface area contributed by atoms with Crippen molar-refractivity contribution in [3.63, 3.8) is 0 Å². The van der Waals surface area contributed by atoms with Crippen LogP contribution in [0.15, 0.2) is 36.7 Å². The van der Waals surface area contributed by atoms with Gasteiger partial charge in [-0.1, -0.05) is 11.6 Å². The quantitative estimate of drug-likeness (QED) is 0.634. The van der Waals surface area contributed by atoms with Crippen molar-refractivity contribution < 1.29 is 14.5 Å². The van der Waals surface area contributed by atoms with E-state index in [0.717, 1.165) is 12.8 Å². The van der Waals surface area contributed by atoms with E-state index in [4.69, 9.17) is 16.3 Å². The molecule has 1 heterocycles. The van der Waals surface area contributed by atoms with Gasteiger partial charge < -0.3 is 10.1 Å². The molecule has 26 heavy (non-hydrogen) atoms. The zero-order chi connectivity index (χ0) is 18.5. The zero-order valence-electron chi connectivity index (χ0n) is 13.8. The van der Waals surface area contributed by atoms with Crippen molar-refractivity contribution in [2.24, 2.45) is 0 Å². The summed E-state index contributed by atoms with van der Waals surface area (Å²) in [6, 6.07) is 5.93. The fourth-order valence-electron chi connectivity index (χ4n) is 2.93. The molecule has 0 saturated heterocycles. The SMILES string of the molecule is O=C(NC1CCC(Oc2ncccn2)CC1)c1cc(Cl)ccc1[N+](=O)[O-]. The van der Waals surface area contributed by atoms with Crippen molar-refractivity contribution in [2.75, 3.05) is 0 Å². The summed E-state index contributed by atoms with van der Waals surface area (Å²) in [6.45, 7) is 0. The van der Waals surface area contributed by atoms with Crippen LogP contribution in [0.4, 0.5) is 5.69 Å². The number of nitrogens with one attached hydrogen (secondary N) is 1. The van der Waals surface area contributed by atoms with E-state index in [1.165, 1.54) is 18.2 Å². The van der Waals surface area contributed by atoms with E-state index in [-0.39, 0.29) is 28.4 Å². The Balaban J connectivity index is 1.57. The van der Waals surface area contributed by atoms with E-state index in [2.05, 4.69) is 15.3 Å². The Morgan fingerprint density at radius 3 is 2.58 bits per heavy atom. The molecule has 3 rings (SSSR count). The molecule has 1 aliphatic carbocycles. The lowest BCUT2D eigenvalue weighted by Crippen LogP contribution is -2.40. The zero-order valence-corrected chi connectivity index (χ0v) is 14.6. The molecule has 1 aliphatic rings. The average molecular weight is 377 g/mol. The Kier molecular flexibility index (Phi) is 5.62. The molecule has 136 valence electrons. The number of nitro benzene ring substituents is 1. The first-order valence-corrected chi connectivity index (χ1v) is 8.59. The van der Waals surface area contributed by atoms with Crippen LogP contribution in [0.1, 0.15) is 36.0 Å². The van der Waals surface area contributed by atoms with Crippen LogP contribution in [0.3, 0.4) is 0 Å². The van der Waals surface area contributed by atoms with E-state index >= 15 is 0 Å². The smallest absolute Gasteiger partial charge is 0.316 e. The highest BCUT2D eigenvalue weighted by Gasteiger charge is 2.27. The van der Waals surface area contributed by atoms with Gasteiger partial charge in [0.25, 0.3) is 11.6 Å². The van der Waals surface area contributed by atoms with E-state index in [9.17, 15) is 14.9 Å². The second-order valence-electron chi connectivity index (χ2n) is 6.01. The number of rotatable bonds is 5. The molecule has 0 aliphatic heterocycles. The maximum absolute atomic E-state index is 12.4. The molecule has 1 aromatic carbocycles. The fourth-order valence-corrected chi connectivity index (χ4v) is 3.10. The van der Waals surface area contributed by atoms with Gasteiger partial charge >= 0.3 is 6.01 Å². The van der Waals surface area contributed by atoms with Crippen molar-refractivity contribution in [3.8, 4) is 6.01 Å². The lowest BCUT2D eigenvalue weighted by molar-refractivity contribution is -0.385. The molecule has 8 nitrogen and oxygen atoms in total. The number of aromatic nitrogens is 2. The number of ether oxygens (including phenoxy) is 1. The van der Waals surface area contributed by atoms with Crippen molar-refractivity contribution in [3.05, 3.63) is 57.4 Å². The van der Waals surface area contributed by atoms with Gasteiger partial charge in [0.2, 0.25) is 0 Å². The van der Waals surface area contributed by atoms with Gasteiger partial charge in [-0.25, -0.2) is 9.97 Å². The number of hydrogen-bond donors (Lipinski definition) is 1. The van der Waals surface area contributed by atoms with E-state index in [0.29, 0.717) is 18.9 Å². The second-order valence-corrected chi connectivity index (χ2v) is 6.45. The number of carbonyl (C=O) groups excluding carboxylic acids is 1.